The molecule has 1 spiro atoms. The van der Waals surface area contributed by atoms with Gasteiger partial charge in [-0.3, -0.25) is 9.69 Å². The average molecular weight is 421 g/mol. The fraction of sp³-hybridized carbons (Fsp3) is 0.278. The number of ketones is 1. The van der Waals surface area contributed by atoms with Gasteiger partial charge in [0.2, 0.25) is 0 Å². The van der Waals surface area contributed by atoms with Crippen LogP contribution in [0.25, 0.3) is 0 Å². The zero-order valence-corrected chi connectivity index (χ0v) is 15.2. The lowest BCUT2D eigenvalue weighted by atomic mass is 9.76. The van der Waals surface area contributed by atoms with E-state index in [9.17, 15) is 4.79 Å². The molecule has 0 saturated carbocycles. The summed E-state index contributed by atoms with van der Waals surface area (Å²) in [4.78, 5) is 15.2. The number of hydrogen-bond donors (Lipinski definition) is 0. The Morgan fingerprint density at radius 2 is 1.73 bits per heavy atom. The molecule has 0 amide bonds. The molecule has 22 heavy (non-hydrogen) atoms. The summed E-state index contributed by atoms with van der Waals surface area (Å²) in [6, 6.07) is 14.5. The van der Waals surface area contributed by atoms with E-state index in [0.717, 1.165) is 40.6 Å². The maximum absolute atomic E-state index is 12.8. The second-order valence-electron chi connectivity index (χ2n) is 6.34. The first kappa shape index (κ1) is 14.6. The molecular formula is C18H15Br2NO. The number of hydrogen-bond acceptors (Lipinski definition) is 2. The van der Waals surface area contributed by atoms with E-state index >= 15 is 0 Å². The Labute approximate surface area is 146 Å². The molecule has 4 heteroatoms. The second kappa shape index (κ2) is 5.29. The SMILES string of the molecule is O=C1c2cc(Br)c(Br)cc2CC12CN(Cc1ccccc1)C2. The Morgan fingerprint density at radius 3 is 2.45 bits per heavy atom. The van der Waals surface area contributed by atoms with Crippen LogP contribution in [-0.4, -0.2) is 23.8 Å². The fourth-order valence-electron chi connectivity index (χ4n) is 3.69. The maximum Gasteiger partial charge on any atom is 0.172 e. The summed E-state index contributed by atoms with van der Waals surface area (Å²) < 4.78 is 1.98. The van der Waals surface area contributed by atoms with Gasteiger partial charge in [0.1, 0.15) is 0 Å². The van der Waals surface area contributed by atoms with Crippen molar-refractivity contribution in [1.29, 1.82) is 0 Å². The third-order valence-electron chi connectivity index (χ3n) is 4.70. The fourth-order valence-corrected chi connectivity index (χ4v) is 4.43. The van der Waals surface area contributed by atoms with Crippen molar-refractivity contribution in [2.75, 3.05) is 13.1 Å². The van der Waals surface area contributed by atoms with Crippen LogP contribution in [0.15, 0.2) is 51.4 Å². The molecule has 2 aromatic rings. The molecule has 1 aliphatic heterocycles. The van der Waals surface area contributed by atoms with Crippen molar-refractivity contribution in [2.24, 2.45) is 5.41 Å². The summed E-state index contributed by atoms with van der Waals surface area (Å²) in [5, 5.41) is 0. The van der Waals surface area contributed by atoms with Gasteiger partial charge in [-0.25, -0.2) is 0 Å². The number of nitrogens with zero attached hydrogens (tertiary/aromatic N) is 1. The number of fused-ring (bicyclic) bond motifs is 1. The molecule has 0 N–H and O–H groups in total. The van der Waals surface area contributed by atoms with Crippen LogP contribution < -0.4 is 0 Å². The van der Waals surface area contributed by atoms with E-state index < -0.39 is 0 Å². The molecule has 2 nitrogen and oxygen atoms in total. The molecule has 1 fully saturated rings. The van der Waals surface area contributed by atoms with Gasteiger partial charge in [0.15, 0.2) is 5.78 Å². The van der Waals surface area contributed by atoms with Crippen molar-refractivity contribution in [3.05, 3.63) is 68.1 Å². The van der Waals surface area contributed by atoms with Gasteiger partial charge < -0.3 is 0 Å². The van der Waals surface area contributed by atoms with Gasteiger partial charge in [0, 0.05) is 34.1 Å². The highest BCUT2D eigenvalue weighted by molar-refractivity contribution is 9.13. The standard InChI is InChI=1S/C18H15Br2NO/c19-15-6-13-8-18(17(22)14(13)7-16(15)20)10-21(11-18)9-12-4-2-1-3-5-12/h1-7H,8-11H2. The Balaban J connectivity index is 1.51. The van der Waals surface area contributed by atoms with E-state index in [1.165, 1.54) is 11.1 Å². The van der Waals surface area contributed by atoms with Crippen molar-refractivity contribution < 1.29 is 4.79 Å². The first-order chi connectivity index (χ1) is 10.6. The summed E-state index contributed by atoms with van der Waals surface area (Å²) in [6.07, 6.45) is 0.873. The maximum atomic E-state index is 12.8. The van der Waals surface area contributed by atoms with E-state index in [1.807, 2.05) is 12.1 Å². The summed E-state index contributed by atoms with van der Waals surface area (Å²) in [6.45, 7) is 2.66. The molecule has 0 bridgehead atoms. The van der Waals surface area contributed by atoms with Gasteiger partial charge in [0.05, 0.1) is 5.41 Å². The van der Waals surface area contributed by atoms with E-state index in [-0.39, 0.29) is 5.41 Å². The van der Waals surface area contributed by atoms with Crippen molar-refractivity contribution in [3.8, 4) is 0 Å². The number of benzene rings is 2. The summed E-state index contributed by atoms with van der Waals surface area (Å²) in [5.41, 5.74) is 3.21. The highest BCUT2D eigenvalue weighted by atomic mass is 79.9. The summed E-state index contributed by atoms with van der Waals surface area (Å²) in [5.74, 6) is 0.319. The molecule has 1 aliphatic carbocycles. The quantitative estimate of drug-likeness (QED) is 0.715. The van der Waals surface area contributed by atoms with E-state index in [4.69, 9.17) is 0 Å². The highest BCUT2D eigenvalue weighted by Gasteiger charge is 2.53. The highest BCUT2D eigenvalue weighted by Crippen LogP contribution is 2.46. The molecule has 2 aromatic carbocycles. The normalized spacial score (nSPS) is 19.3. The summed E-state index contributed by atoms with van der Waals surface area (Å²) >= 11 is 7.03. The molecule has 4 rings (SSSR count). The molecule has 0 radical (unpaired) electrons. The van der Waals surface area contributed by atoms with E-state index in [2.05, 4.69) is 67.1 Å². The lowest BCUT2D eigenvalue weighted by Crippen LogP contribution is -2.58. The molecule has 1 heterocycles. The topological polar surface area (TPSA) is 20.3 Å². The smallest absolute Gasteiger partial charge is 0.172 e. The number of carbonyl (C=O) groups excluding carboxylic acids is 1. The van der Waals surface area contributed by atoms with E-state index in [0.29, 0.717) is 5.78 Å². The third kappa shape index (κ3) is 2.29. The molecule has 0 aromatic heterocycles. The van der Waals surface area contributed by atoms with Crippen LogP contribution in [-0.2, 0) is 13.0 Å². The summed E-state index contributed by atoms with van der Waals surface area (Å²) in [7, 11) is 0. The van der Waals surface area contributed by atoms with Crippen LogP contribution in [0.4, 0.5) is 0 Å². The molecular weight excluding hydrogens is 406 g/mol. The van der Waals surface area contributed by atoms with Crippen molar-refractivity contribution in [2.45, 2.75) is 13.0 Å². The molecule has 0 atom stereocenters. The Hall–Kier alpha value is -0.970. The van der Waals surface area contributed by atoms with Gasteiger partial charge in [-0.1, -0.05) is 30.3 Å². The Bertz CT molecular complexity index is 751. The van der Waals surface area contributed by atoms with Crippen LogP contribution in [0, 0.1) is 5.41 Å². The lowest BCUT2D eigenvalue weighted by molar-refractivity contribution is 0.00945. The second-order valence-corrected chi connectivity index (χ2v) is 8.05. The van der Waals surface area contributed by atoms with Gasteiger partial charge >= 0.3 is 0 Å². The predicted octanol–water partition coefficient (Wildman–Crippen LogP) is 4.45. The zero-order valence-electron chi connectivity index (χ0n) is 12.0. The van der Waals surface area contributed by atoms with Crippen LogP contribution in [0.5, 0.6) is 0 Å². The zero-order chi connectivity index (χ0) is 15.3. The number of Topliss-reactive ketones (excluding diaryl/α,β-unsaturated/α-hetero) is 1. The van der Waals surface area contributed by atoms with Crippen LogP contribution >= 0.6 is 31.9 Å². The van der Waals surface area contributed by atoms with Gasteiger partial charge in [-0.2, -0.15) is 0 Å². The largest absolute Gasteiger partial charge is 0.297 e. The molecule has 1 saturated heterocycles. The Morgan fingerprint density at radius 1 is 1.05 bits per heavy atom. The minimum absolute atomic E-state index is 0.183. The van der Waals surface area contributed by atoms with Crippen LogP contribution in [0.2, 0.25) is 0 Å². The van der Waals surface area contributed by atoms with Gasteiger partial charge in [-0.15, -0.1) is 0 Å². The number of likely N-dealkylation sites (tertiary alicyclic amines) is 1. The Kier molecular flexibility index (Phi) is 3.51. The predicted molar refractivity (Wildman–Crippen MR) is 94.0 cm³/mol. The number of carbonyl (C=O) groups is 1. The van der Waals surface area contributed by atoms with Crippen LogP contribution in [0.3, 0.4) is 0 Å². The molecule has 112 valence electrons. The van der Waals surface area contributed by atoms with Crippen molar-refractivity contribution in [1.82, 2.24) is 4.90 Å². The van der Waals surface area contributed by atoms with Gasteiger partial charge in [-0.05, 0) is 61.5 Å². The molecule has 0 unspecified atom stereocenters. The third-order valence-corrected chi connectivity index (χ3v) is 6.55. The lowest BCUT2D eigenvalue weighted by Gasteiger charge is -2.47. The number of halogens is 2. The number of rotatable bonds is 2. The van der Waals surface area contributed by atoms with Crippen LogP contribution in [0.1, 0.15) is 21.5 Å². The minimum Gasteiger partial charge on any atom is -0.297 e. The van der Waals surface area contributed by atoms with Gasteiger partial charge in [0.25, 0.3) is 0 Å². The van der Waals surface area contributed by atoms with Crippen molar-refractivity contribution >= 4 is 37.6 Å². The monoisotopic (exact) mass is 419 g/mol. The average Bonchev–Trinajstić information content (AvgIpc) is 2.74. The minimum atomic E-state index is -0.183. The molecule has 2 aliphatic rings. The van der Waals surface area contributed by atoms with E-state index in [1.54, 1.807) is 0 Å². The first-order valence-corrected chi connectivity index (χ1v) is 8.95. The first-order valence-electron chi connectivity index (χ1n) is 7.36. The van der Waals surface area contributed by atoms with Crippen molar-refractivity contribution in [3.63, 3.8) is 0 Å².